The molecule has 2 rings (SSSR count). The van der Waals surface area contributed by atoms with Gasteiger partial charge in [0.15, 0.2) is 0 Å². The fourth-order valence-corrected chi connectivity index (χ4v) is 2.74. The first-order valence-electron chi connectivity index (χ1n) is 7.08. The zero-order valence-corrected chi connectivity index (χ0v) is 11.9. The number of carbonyl (C=O) groups is 2. The minimum absolute atomic E-state index is 0.0487. The van der Waals surface area contributed by atoms with Gasteiger partial charge >= 0.3 is 5.97 Å². The molecule has 1 aliphatic rings. The fourth-order valence-electron chi connectivity index (χ4n) is 2.74. The van der Waals surface area contributed by atoms with E-state index in [0.717, 1.165) is 12.8 Å². The summed E-state index contributed by atoms with van der Waals surface area (Å²) in [6.45, 7) is 1.91. The van der Waals surface area contributed by atoms with Crippen LogP contribution in [0.2, 0.25) is 0 Å². The third-order valence-electron chi connectivity index (χ3n) is 3.83. The first kappa shape index (κ1) is 14.6. The molecular formula is C16H21NO3. The summed E-state index contributed by atoms with van der Waals surface area (Å²) in [7, 11) is 0. The molecule has 1 aromatic rings. The summed E-state index contributed by atoms with van der Waals surface area (Å²) in [4.78, 5) is 22.9. The van der Waals surface area contributed by atoms with Crippen molar-refractivity contribution in [2.24, 2.45) is 0 Å². The van der Waals surface area contributed by atoms with Crippen molar-refractivity contribution in [1.82, 2.24) is 5.32 Å². The van der Waals surface area contributed by atoms with E-state index >= 15 is 0 Å². The lowest BCUT2D eigenvalue weighted by Crippen LogP contribution is -2.48. The predicted octanol–water partition coefficient (Wildman–Crippen LogP) is 2.22. The number of benzene rings is 1. The molecule has 1 fully saturated rings. The number of ether oxygens (including phenoxy) is 1. The van der Waals surface area contributed by atoms with Crippen LogP contribution in [0, 0.1) is 0 Å². The number of cyclic esters (lactones) is 1. The molecule has 0 spiro atoms. The Morgan fingerprint density at radius 2 is 2.05 bits per heavy atom. The summed E-state index contributed by atoms with van der Waals surface area (Å²) in [5.41, 5.74) is 0.919. The quantitative estimate of drug-likeness (QED) is 0.857. The van der Waals surface area contributed by atoms with Gasteiger partial charge in [-0.2, -0.15) is 0 Å². The summed E-state index contributed by atoms with van der Waals surface area (Å²) >= 11 is 0. The summed E-state index contributed by atoms with van der Waals surface area (Å²) < 4.78 is 5.10. The Morgan fingerprint density at radius 1 is 1.30 bits per heavy atom. The van der Waals surface area contributed by atoms with Gasteiger partial charge in [-0.3, -0.25) is 9.59 Å². The van der Waals surface area contributed by atoms with E-state index in [2.05, 4.69) is 17.4 Å². The Balaban J connectivity index is 2.06. The van der Waals surface area contributed by atoms with Gasteiger partial charge in [-0.15, -0.1) is 0 Å². The monoisotopic (exact) mass is 275 g/mol. The Morgan fingerprint density at radius 3 is 2.75 bits per heavy atom. The average molecular weight is 275 g/mol. The van der Waals surface area contributed by atoms with Crippen LogP contribution in [-0.4, -0.2) is 24.0 Å². The van der Waals surface area contributed by atoms with Crippen molar-refractivity contribution >= 4 is 11.9 Å². The van der Waals surface area contributed by atoms with E-state index in [1.807, 2.05) is 18.2 Å². The Bertz CT molecular complexity index is 472. The van der Waals surface area contributed by atoms with Gasteiger partial charge in [-0.1, -0.05) is 30.3 Å². The molecule has 1 aromatic carbocycles. The molecule has 108 valence electrons. The van der Waals surface area contributed by atoms with Crippen LogP contribution >= 0.6 is 0 Å². The van der Waals surface area contributed by atoms with Gasteiger partial charge in [0.2, 0.25) is 5.91 Å². The molecule has 0 aromatic heterocycles. The van der Waals surface area contributed by atoms with Gasteiger partial charge in [0.1, 0.15) is 0 Å². The highest BCUT2D eigenvalue weighted by molar-refractivity contribution is 5.74. The maximum atomic E-state index is 11.5. The molecule has 20 heavy (non-hydrogen) atoms. The lowest BCUT2D eigenvalue weighted by Gasteiger charge is -2.33. The number of esters is 1. The minimum Gasteiger partial charge on any atom is -0.466 e. The van der Waals surface area contributed by atoms with Gasteiger partial charge in [-0.25, -0.2) is 0 Å². The number of carbonyl (C=O) groups excluding carboxylic acids is 2. The van der Waals surface area contributed by atoms with E-state index < -0.39 is 0 Å². The lowest BCUT2D eigenvalue weighted by molar-refractivity contribution is -0.142. The molecule has 1 N–H and O–H groups in total. The van der Waals surface area contributed by atoms with Crippen molar-refractivity contribution in [2.45, 2.75) is 44.6 Å². The van der Waals surface area contributed by atoms with Gasteiger partial charge in [-0.05, 0) is 24.8 Å². The lowest BCUT2D eigenvalue weighted by atomic mass is 9.84. The largest absolute Gasteiger partial charge is 0.466 e. The van der Waals surface area contributed by atoms with Crippen LogP contribution in [0.1, 0.15) is 38.2 Å². The van der Waals surface area contributed by atoms with Crippen LogP contribution < -0.4 is 5.32 Å². The van der Waals surface area contributed by atoms with Gasteiger partial charge < -0.3 is 10.1 Å². The summed E-state index contributed by atoms with van der Waals surface area (Å²) in [5.74, 6) is -0.218. The third kappa shape index (κ3) is 4.08. The third-order valence-corrected chi connectivity index (χ3v) is 3.83. The molecule has 4 nitrogen and oxygen atoms in total. The second-order valence-corrected chi connectivity index (χ2v) is 5.42. The summed E-state index contributed by atoms with van der Waals surface area (Å²) in [5, 5.41) is 3.05. The molecule has 0 saturated carbocycles. The number of rotatable bonds is 4. The van der Waals surface area contributed by atoms with Gasteiger partial charge in [0, 0.05) is 25.3 Å². The van der Waals surface area contributed by atoms with Crippen molar-refractivity contribution in [1.29, 1.82) is 0 Å². The van der Waals surface area contributed by atoms with Crippen LogP contribution in [0.15, 0.2) is 30.3 Å². The number of hydrogen-bond donors (Lipinski definition) is 1. The van der Waals surface area contributed by atoms with Crippen molar-refractivity contribution in [3.05, 3.63) is 35.9 Å². The number of hydrogen-bond acceptors (Lipinski definition) is 3. The number of nitrogens with one attached hydrogen (secondary N) is 1. The standard InChI is InChI=1S/C16H21NO3/c1-13(18)17-16(10-8-15(19)20-12-11-16)9-7-14-5-3-2-4-6-14/h2-6H,7-12H2,1H3,(H,17,18). The SMILES string of the molecule is CC(=O)NC1(CCc2ccccc2)CCOC(=O)CC1. The van der Waals surface area contributed by atoms with Gasteiger partial charge in [0.25, 0.3) is 0 Å². The number of amides is 1. The Labute approximate surface area is 119 Å². The van der Waals surface area contributed by atoms with Crippen molar-refractivity contribution in [3.8, 4) is 0 Å². The molecule has 1 atom stereocenters. The predicted molar refractivity (Wildman–Crippen MR) is 76.1 cm³/mol. The molecular weight excluding hydrogens is 254 g/mol. The highest BCUT2D eigenvalue weighted by Gasteiger charge is 2.33. The molecule has 1 saturated heterocycles. The van der Waals surface area contributed by atoms with E-state index in [-0.39, 0.29) is 17.4 Å². The first-order chi connectivity index (χ1) is 9.60. The normalized spacial score (nSPS) is 22.8. The van der Waals surface area contributed by atoms with Crippen LogP contribution in [0.5, 0.6) is 0 Å². The topological polar surface area (TPSA) is 55.4 Å². The average Bonchev–Trinajstić information content (AvgIpc) is 2.60. The van der Waals surface area contributed by atoms with Crippen LogP contribution in [-0.2, 0) is 20.7 Å². The van der Waals surface area contributed by atoms with Crippen LogP contribution in [0.25, 0.3) is 0 Å². The Hall–Kier alpha value is -1.84. The van der Waals surface area contributed by atoms with Crippen molar-refractivity contribution in [3.63, 3.8) is 0 Å². The number of aryl methyl sites for hydroxylation is 1. The molecule has 1 unspecified atom stereocenters. The van der Waals surface area contributed by atoms with E-state index in [1.165, 1.54) is 12.5 Å². The second kappa shape index (κ2) is 6.55. The summed E-state index contributed by atoms with van der Waals surface area (Å²) in [6, 6.07) is 10.2. The maximum absolute atomic E-state index is 11.5. The van der Waals surface area contributed by atoms with Crippen molar-refractivity contribution < 1.29 is 14.3 Å². The zero-order valence-electron chi connectivity index (χ0n) is 11.9. The van der Waals surface area contributed by atoms with Crippen LogP contribution in [0.3, 0.4) is 0 Å². The minimum atomic E-state index is -0.326. The molecule has 1 amide bonds. The second-order valence-electron chi connectivity index (χ2n) is 5.42. The van der Waals surface area contributed by atoms with E-state index in [9.17, 15) is 9.59 Å². The van der Waals surface area contributed by atoms with Crippen LogP contribution in [0.4, 0.5) is 0 Å². The molecule has 1 aliphatic heterocycles. The first-order valence-corrected chi connectivity index (χ1v) is 7.08. The maximum Gasteiger partial charge on any atom is 0.305 e. The molecule has 0 bridgehead atoms. The van der Waals surface area contributed by atoms with Gasteiger partial charge in [0.05, 0.1) is 6.61 Å². The fraction of sp³-hybridized carbons (Fsp3) is 0.500. The highest BCUT2D eigenvalue weighted by Crippen LogP contribution is 2.27. The van der Waals surface area contributed by atoms with Crippen molar-refractivity contribution in [2.75, 3.05) is 6.61 Å². The van der Waals surface area contributed by atoms with E-state index in [0.29, 0.717) is 25.9 Å². The zero-order chi connectivity index (χ0) is 14.4. The highest BCUT2D eigenvalue weighted by atomic mass is 16.5. The van der Waals surface area contributed by atoms with E-state index in [1.54, 1.807) is 0 Å². The molecule has 0 aliphatic carbocycles. The summed E-state index contributed by atoms with van der Waals surface area (Å²) in [6.07, 6.45) is 3.42. The molecule has 1 heterocycles. The Kier molecular flexibility index (Phi) is 4.77. The molecule has 4 heteroatoms. The smallest absolute Gasteiger partial charge is 0.305 e. The molecule has 0 radical (unpaired) electrons. The van der Waals surface area contributed by atoms with E-state index in [4.69, 9.17) is 4.74 Å².